The van der Waals surface area contributed by atoms with Crippen molar-refractivity contribution in [3.05, 3.63) is 24.3 Å². The molecule has 2 N–H and O–H groups in total. The highest BCUT2D eigenvalue weighted by Gasteiger charge is 2.23. The second kappa shape index (κ2) is 37.6. The van der Waals surface area contributed by atoms with Gasteiger partial charge in [-0.05, 0) is 38.5 Å². The Bertz CT molecular complexity index is 938. The number of likely N-dealkylation sites (N-methyl/N-ethyl adjacent to an activating group) is 1. The number of unbranched alkanes of at least 4 members (excludes halogenated alkanes) is 26. The van der Waals surface area contributed by atoms with Crippen molar-refractivity contribution in [1.82, 2.24) is 5.32 Å². The van der Waals surface area contributed by atoms with Crippen LogP contribution in [-0.4, -0.2) is 68.5 Å². The first-order chi connectivity index (χ1) is 26.0. The summed E-state index contributed by atoms with van der Waals surface area (Å²) in [5.74, 6) is -0.233. The molecule has 3 atom stereocenters. The predicted molar refractivity (Wildman–Crippen MR) is 228 cm³/mol. The number of phosphoric acid groups is 1. The number of phosphoric ester groups is 1. The summed E-state index contributed by atoms with van der Waals surface area (Å²) in [6, 6.07) is -0.896. The third-order valence-corrected chi connectivity index (χ3v) is 11.1. The largest absolute Gasteiger partial charge is 0.756 e. The van der Waals surface area contributed by atoms with Crippen molar-refractivity contribution < 1.29 is 32.9 Å². The molecule has 0 aromatic carbocycles. The molecule has 0 spiro atoms. The molecule has 0 bridgehead atoms. The maximum Gasteiger partial charge on any atom is 0.268 e. The third-order valence-electron chi connectivity index (χ3n) is 10.2. The number of nitrogens with zero attached hydrogens (tertiary/aromatic N) is 1. The zero-order valence-electron chi connectivity index (χ0n) is 36.2. The van der Waals surface area contributed by atoms with Crippen molar-refractivity contribution >= 4 is 13.7 Å². The maximum atomic E-state index is 12.7. The van der Waals surface area contributed by atoms with E-state index < -0.39 is 20.0 Å². The number of quaternary nitrogens is 1. The van der Waals surface area contributed by atoms with Crippen LogP contribution in [0.15, 0.2) is 24.3 Å². The van der Waals surface area contributed by atoms with Crippen LogP contribution < -0.4 is 10.2 Å². The molecule has 320 valence electrons. The summed E-state index contributed by atoms with van der Waals surface area (Å²) < 4.78 is 23.1. The number of amides is 1. The van der Waals surface area contributed by atoms with E-state index in [0.29, 0.717) is 23.9 Å². The van der Waals surface area contributed by atoms with Crippen LogP contribution in [0, 0.1) is 0 Å². The lowest BCUT2D eigenvalue weighted by atomic mass is 10.0. The van der Waals surface area contributed by atoms with E-state index in [1.807, 2.05) is 27.2 Å². The van der Waals surface area contributed by atoms with Crippen molar-refractivity contribution in [2.24, 2.45) is 0 Å². The van der Waals surface area contributed by atoms with E-state index in [4.69, 9.17) is 9.05 Å². The zero-order valence-corrected chi connectivity index (χ0v) is 37.1. The van der Waals surface area contributed by atoms with E-state index in [9.17, 15) is 19.4 Å². The van der Waals surface area contributed by atoms with Crippen LogP contribution in [0.2, 0.25) is 0 Å². The first-order valence-electron chi connectivity index (χ1n) is 22.7. The van der Waals surface area contributed by atoms with Gasteiger partial charge in [-0.3, -0.25) is 9.36 Å². The van der Waals surface area contributed by atoms with Crippen LogP contribution in [0.25, 0.3) is 0 Å². The molecular weight excluding hydrogens is 695 g/mol. The molecule has 0 aliphatic carbocycles. The molecule has 54 heavy (non-hydrogen) atoms. The van der Waals surface area contributed by atoms with Crippen molar-refractivity contribution in [2.45, 2.75) is 219 Å². The van der Waals surface area contributed by atoms with Gasteiger partial charge in [-0.25, -0.2) is 0 Å². The Morgan fingerprint density at radius 3 is 1.46 bits per heavy atom. The van der Waals surface area contributed by atoms with E-state index in [0.717, 1.165) is 32.1 Å². The summed E-state index contributed by atoms with van der Waals surface area (Å²) >= 11 is 0. The fourth-order valence-corrected chi connectivity index (χ4v) is 7.23. The van der Waals surface area contributed by atoms with Gasteiger partial charge in [0.05, 0.1) is 39.9 Å². The molecule has 1 amide bonds. The van der Waals surface area contributed by atoms with Crippen molar-refractivity contribution in [3.63, 3.8) is 0 Å². The van der Waals surface area contributed by atoms with Gasteiger partial charge in [0, 0.05) is 6.42 Å². The molecular formula is C45H89N2O6P. The molecule has 3 unspecified atom stereocenters. The maximum absolute atomic E-state index is 12.7. The van der Waals surface area contributed by atoms with Gasteiger partial charge in [0.2, 0.25) is 5.91 Å². The quantitative estimate of drug-likeness (QED) is 0.0277. The number of nitrogens with one attached hydrogen (secondary N) is 1. The minimum atomic E-state index is -4.59. The average molecular weight is 785 g/mol. The minimum Gasteiger partial charge on any atom is -0.756 e. The van der Waals surface area contributed by atoms with Crippen LogP contribution in [0.3, 0.4) is 0 Å². The molecule has 0 aliphatic rings. The van der Waals surface area contributed by atoms with E-state index in [1.54, 1.807) is 6.08 Å². The van der Waals surface area contributed by atoms with Gasteiger partial charge in [0.15, 0.2) is 0 Å². The molecule has 0 fully saturated rings. The number of hydrogen-bond acceptors (Lipinski definition) is 6. The average Bonchev–Trinajstić information content (AvgIpc) is 3.12. The Morgan fingerprint density at radius 1 is 0.630 bits per heavy atom. The third kappa shape index (κ3) is 39.2. The summed E-state index contributed by atoms with van der Waals surface area (Å²) in [4.78, 5) is 25.2. The highest BCUT2D eigenvalue weighted by Crippen LogP contribution is 2.38. The molecule has 0 aromatic heterocycles. The zero-order chi connectivity index (χ0) is 40.0. The topological polar surface area (TPSA) is 108 Å². The van der Waals surface area contributed by atoms with Gasteiger partial charge in [-0.15, -0.1) is 0 Å². The number of aliphatic hydroxyl groups excluding tert-OH is 1. The van der Waals surface area contributed by atoms with E-state index >= 15 is 0 Å². The van der Waals surface area contributed by atoms with Crippen molar-refractivity contribution in [3.8, 4) is 0 Å². The number of aliphatic hydroxyl groups is 1. The lowest BCUT2D eigenvalue weighted by Crippen LogP contribution is -2.45. The van der Waals surface area contributed by atoms with Crippen LogP contribution in [0.5, 0.6) is 0 Å². The van der Waals surface area contributed by atoms with Gasteiger partial charge in [-0.1, -0.05) is 186 Å². The number of rotatable bonds is 41. The first-order valence-corrected chi connectivity index (χ1v) is 24.2. The monoisotopic (exact) mass is 785 g/mol. The lowest BCUT2D eigenvalue weighted by Gasteiger charge is -2.29. The van der Waals surface area contributed by atoms with Crippen LogP contribution in [0.4, 0.5) is 0 Å². The van der Waals surface area contributed by atoms with Crippen molar-refractivity contribution in [1.29, 1.82) is 0 Å². The molecule has 0 saturated carbocycles. The van der Waals surface area contributed by atoms with E-state index in [-0.39, 0.29) is 19.1 Å². The van der Waals surface area contributed by atoms with Gasteiger partial charge in [-0.2, -0.15) is 0 Å². The minimum absolute atomic E-state index is 0.00457. The molecule has 8 nitrogen and oxygen atoms in total. The number of carbonyl (C=O) groups is 1. The molecule has 0 aliphatic heterocycles. The van der Waals surface area contributed by atoms with Gasteiger partial charge < -0.3 is 28.8 Å². The van der Waals surface area contributed by atoms with Gasteiger partial charge in [0.1, 0.15) is 13.2 Å². The molecule has 0 radical (unpaired) electrons. The molecule has 0 rings (SSSR count). The second-order valence-corrected chi connectivity index (χ2v) is 18.2. The van der Waals surface area contributed by atoms with Gasteiger partial charge in [0.25, 0.3) is 7.82 Å². The number of hydrogen-bond donors (Lipinski definition) is 2. The Kier molecular flexibility index (Phi) is 36.8. The van der Waals surface area contributed by atoms with Crippen LogP contribution in [-0.2, 0) is 18.4 Å². The smallest absolute Gasteiger partial charge is 0.268 e. The Morgan fingerprint density at radius 2 is 1.02 bits per heavy atom. The van der Waals surface area contributed by atoms with Crippen molar-refractivity contribution in [2.75, 3.05) is 40.9 Å². The van der Waals surface area contributed by atoms with Crippen LogP contribution in [0.1, 0.15) is 206 Å². The summed E-state index contributed by atoms with van der Waals surface area (Å²) in [5.41, 5.74) is 0. The molecule has 0 saturated heterocycles. The lowest BCUT2D eigenvalue weighted by molar-refractivity contribution is -0.870. The SMILES string of the molecule is CCCCCC/C=C\CCCC(=O)NC(COP(=O)([O-])OCC[N+](C)(C)C)C(O)/C=C/CCCCCCCCCCCCCCCCCCCCCCC. The Labute approximate surface area is 334 Å². The number of allylic oxidation sites excluding steroid dienone is 3. The fraction of sp³-hybridized carbons (Fsp3) is 0.889. The molecule has 0 heterocycles. The molecule has 9 heteroatoms. The number of carbonyl (C=O) groups excluding carboxylic acids is 1. The summed E-state index contributed by atoms with van der Waals surface area (Å²) in [6.45, 7) is 4.59. The second-order valence-electron chi connectivity index (χ2n) is 16.8. The van der Waals surface area contributed by atoms with Crippen LogP contribution >= 0.6 is 7.82 Å². The summed E-state index contributed by atoms with van der Waals surface area (Å²) in [6.07, 6.45) is 43.9. The highest BCUT2D eigenvalue weighted by atomic mass is 31.2. The fourth-order valence-electron chi connectivity index (χ4n) is 6.51. The molecule has 0 aromatic rings. The summed E-state index contributed by atoms with van der Waals surface area (Å²) in [7, 11) is 1.25. The normalized spacial score (nSPS) is 14.6. The predicted octanol–water partition coefficient (Wildman–Crippen LogP) is 11.9. The Balaban J connectivity index is 4.26. The summed E-state index contributed by atoms with van der Waals surface area (Å²) in [5, 5.41) is 13.7. The van der Waals surface area contributed by atoms with Gasteiger partial charge >= 0.3 is 0 Å². The standard InChI is InChI=1S/C45H89N2O6P/c1-6-8-10-12-14-16-17-18-19-20-21-22-23-24-25-26-27-28-29-31-32-34-36-38-44(48)43(42-53-54(50,51)52-41-40-47(3,4)5)46-45(49)39-37-35-33-30-15-13-11-9-7-2/h30,33,36,38,43-44,48H,6-29,31-32,34-35,37,39-42H2,1-5H3,(H-,46,49,50,51)/b33-30-,38-36+. The van der Waals surface area contributed by atoms with E-state index in [2.05, 4.69) is 31.3 Å². The Hall–Kier alpha value is -1.02. The first kappa shape index (κ1) is 53.0. The van der Waals surface area contributed by atoms with E-state index in [1.165, 1.54) is 148 Å². The highest BCUT2D eigenvalue weighted by molar-refractivity contribution is 7.45.